The Balaban J connectivity index is 2.15. The van der Waals surface area contributed by atoms with Crippen LogP contribution in [0.15, 0.2) is 48.5 Å². The molecular formula is C24H32N2O2. The molecule has 4 heteroatoms. The minimum atomic E-state index is -0.458. The maximum Gasteiger partial charge on any atom is 0.242 e. The van der Waals surface area contributed by atoms with Crippen LogP contribution in [-0.2, 0) is 29.0 Å². The van der Waals surface area contributed by atoms with Crippen molar-refractivity contribution in [3.8, 4) is 0 Å². The molecule has 0 radical (unpaired) electrons. The molecule has 0 aliphatic carbocycles. The van der Waals surface area contributed by atoms with Crippen LogP contribution >= 0.6 is 0 Å². The predicted molar refractivity (Wildman–Crippen MR) is 114 cm³/mol. The molecule has 0 saturated carbocycles. The lowest BCUT2D eigenvalue weighted by molar-refractivity contribution is -0.141. The molecule has 2 aromatic carbocycles. The number of hydrogen-bond acceptors (Lipinski definition) is 2. The monoisotopic (exact) mass is 380 g/mol. The van der Waals surface area contributed by atoms with Crippen LogP contribution in [0, 0.1) is 6.92 Å². The lowest BCUT2D eigenvalue weighted by atomic mass is 10.0. The van der Waals surface area contributed by atoms with Crippen molar-refractivity contribution in [1.82, 2.24) is 10.2 Å². The highest BCUT2D eigenvalue weighted by Gasteiger charge is 2.27. The molecule has 0 spiro atoms. The number of carbonyl (C=O) groups is 2. The van der Waals surface area contributed by atoms with E-state index in [4.69, 9.17) is 0 Å². The Bertz CT molecular complexity index is 783. The Hall–Kier alpha value is -2.62. The van der Waals surface area contributed by atoms with Gasteiger partial charge in [-0.05, 0) is 42.9 Å². The van der Waals surface area contributed by atoms with E-state index in [-0.39, 0.29) is 11.8 Å². The third kappa shape index (κ3) is 5.95. The lowest BCUT2D eigenvalue weighted by Gasteiger charge is -2.30. The largest absolute Gasteiger partial charge is 0.357 e. The average molecular weight is 381 g/mol. The Morgan fingerprint density at radius 3 is 2.25 bits per heavy atom. The second-order valence-electron chi connectivity index (χ2n) is 7.22. The van der Waals surface area contributed by atoms with Gasteiger partial charge in [0.15, 0.2) is 0 Å². The number of benzene rings is 2. The van der Waals surface area contributed by atoms with Crippen LogP contribution in [0.2, 0.25) is 0 Å². The Labute approximate surface area is 169 Å². The van der Waals surface area contributed by atoms with Gasteiger partial charge in [0.25, 0.3) is 0 Å². The summed E-state index contributed by atoms with van der Waals surface area (Å²) in [5, 5.41) is 2.70. The number of amides is 2. The molecule has 0 bridgehead atoms. The summed E-state index contributed by atoms with van der Waals surface area (Å²) in [6.07, 6.45) is 2.67. The summed E-state index contributed by atoms with van der Waals surface area (Å²) in [6.45, 7) is 6.55. The van der Waals surface area contributed by atoms with Gasteiger partial charge in [-0.3, -0.25) is 9.59 Å². The smallest absolute Gasteiger partial charge is 0.242 e. The molecule has 0 unspecified atom stereocenters. The van der Waals surface area contributed by atoms with E-state index < -0.39 is 6.04 Å². The second-order valence-corrected chi connectivity index (χ2v) is 7.22. The van der Waals surface area contributed by atoms with E-state index in [1.807, 2.05) is 32.0 Å². The molecule has 1 atom stereocenters. The summed E-state index contributed by atoms with van der Waals surface area (Å²) in [5.74, 6) is -0.104. The molecule has 150 valence electrons. The van der Waals surface area contributed by atoms with Gasteiger partial charge in [-0.2, -0.15) is 0 Å². The summed E-state index contributed by atoms with van der Waals surface area (Å²) in [6, 6.07) is 16.1. The van der Waals surface area contributed by atoms with Gasteiger partial charge in [-0.15, -0.1) is 0 Å². The minimum absolute atomic E-state index is 0.0107. The number of rotatable bonds is 9. The molecule has 0 heterocycles. The van der Waals surface area contributed by atoms with Crippen LogP contribution in [-0.4, -0.2) is 29.8 Å². The van der Waals surface area contributed by atoms with Gasteiger partial charge < -0.3 is 10.2 Å². The summed E-state index contributed by atoms with van der Waals surface area (Å²) >= 11 is 0. The summed E-state index contributed by atoms with van der Waals surface area (Å²) < 4.78 is 0. The standard InChI is InChI=1S/C24H32N2O2/c1-5-19-10-12-20(13-11-19)14-15-23(27)26(22(6-2)24(28)25-4)17-21-9-7-8-18(3)16-21/h7-13,16,22H,5-6,14-15,17H2,1-4H3,(H,25,28)/t22-/m1/s1. The molecule has 0 aliphatic heterocycles. The highest BCUT2D eigenvalue weighted by molar-refractivity contribution is 5.87. The Morgan fingerprint density at radius 2 is 1.68 bits per heavy atom. The van der Waals surface area contributed by atoms with E-state index in [1.165, 1.54) is 5.56 Å². The summed E-state index contributed by atoms with van der Waals surface area (Å²) in [5.41, 5.74) is 4.63. The van der Waals surface area contributed by atoms with Crippen molar-refractivity contribution in [3.05, 3.63) is 70.8 Å². The van der Waals surface area contributed by atoms with Crippen molar-refractivity contribution in [3.63, 3.8) is 0 Å². The Kier molecular flexibility index (Phi) is 8.24. The highest BCUT2D eigenvalue weighted by Crippen LogP contribution is 2.16. The van der Waals surface area contributed by atoms with E-state index in [0.717, 1.165) is 23.1 Å². The van der Waals surface area contributed by atoms with Crippen molar-refractivity contribution in [1.29, 1.82) is 0 Å². The molecule has 2 rings (SSSR count). The van der Waals surface area contributed by atoms with E-state index >= 15 is 0 Å². The molecule has 0 aliphatic rings. The lowest BCUT2D eigenvalue weighted by Crippen LogP contribution is -2.48. The average Bonchev–Trinajstić information content (AvgIpc) is 2.72. The maximum atomic E-state index is 13.1. The van der Waals surface area contributed by atoms with E-state index in [0.29, 0.717) is 25.8 Å². The number of carbonyl (C=O) groups excluding carboxylic acids is 2. The van der Waals surface area contributed by atoms with Crippen LogP contribution in [0.1, 0.15) is 48.9 Å². The fourth-order valence-corrected chi connectivity index (χ4v) is 3.43. The molecule has 2 aromatic rings. The van der Waals surface area contributed by atoms with Gasteiger partial charge >= 0.3 is 0 Å². The molecule has 28 heavy (non-hydrogen) atoms. The molecule has 0 fully saturated rings. The predicted octanol–water partition coefficient (Wildman–Crippen LogP) is 4.04. The van der Waals surface area contributed by atoms with Gasteiger partial charge in [0.2, 0.25) is 11.8 Å². The van der Waals surface area contributed by atoms with E-state index in [9.17, 15) is 9.59 Å². The van der Waals surface area contributed by atoms with Crippen LogP contribution in [0.4, 0.5) is 0 Å². The zero-order chi connectivity index (χ0) is 20.5. The molecule has 0 aromatic heterocycles. The van der Waals surface area contributed by atoms with Crippen molar-refractivity contribution < 1.29 is 9.59 Å². The zero-order valence-electron chi connectivity index (χ0n) is 17.5. The maximum absolute atomic E-state index is 13.1. The first-order valence-corrected chi connectivity index (χ1v) is 10.1. The first-order chi connectivity index (χ1) is 13.5. The normalized spacial score (nSPS) is 11.7. The van der Waals surface area contributed by atoms with Crippen LogP contribution < -0.4 is 5.32 Å². The van der Waals surface area contributed by atoms with Crippen LogP contribution in [0.3, 0.4) is 0 Å². The third-order valence-electron chi connectivity index (χ3n) is 5.13. The molecular weight excluding hydrogens is 348 g/mol. The number of nitrogens with one attached hydrogen (secondary N) is 1. The molecule has 1 N–H and O–H groups in total. The second kappa shape index (κ2) is 10.6. The number of nitrogens with zero attached hydrogens (tertiary/aromatic N) is 1. The van der Waals surface area contributed by atoms with Crippen molar-refractivity contribution in [2.45, 2.75) is 59.0 Å². The van der Waals surface area contributed by atoms with E-state index in [1.54, 1.807) is 11.9 Å². The van der Waals surface area contributed by atoms with Crippen LogP contribution in [0.5, 0.6) is 0 Å². The highest BCUT2D eigenvalue weighted by atomic mass is 16.2. The van der Waals surface area contributed by atoms with Gasteiger partial charge in [0.05, 0.1) is 0 Å². The van der Waals surface area contributed by atoms with Gasteiger partial charge in [-0.25, -0.2) is 0 Å². The van der Waals surface area contributed by atoms with Crippen molar-refractivity contribution in [2.75, 3.05) is 7.05 Å². The topological polar surface area (TPSA) is 49.4 Å². The fraction of sp³-hybridized carbons (Fsp3) is 0.417. The number of likely N-dealkylation sites (N-methyl/N-ethyl adjacent to an activating group) is 1. The zero-order valence-corrected chi connectivity index (χ0v) is 17.5. The third-order valence-corrected chi connectivity index (χ3v) is 5.13. The summed E-state index contributed by atoms with van der Waals surface area (Å²) in [4.78, 5) is 27.2. The first kappa shape index (κ1) is 21.7. The van der Waals surface area contributed by atoms with Gasteiger partial charge in [-0.1, -0.05) is 67.9 Å². The van der Waals surface area contributed by atoms with Gasteiger partial charge in [0.1, 0.15) is 6.04 Å². The number of hydrogen-bond donors (Lipinski definition) is 1. The van der Waals surface area contributed by atoms with Gasteiger partial charge in [0, 0.05) is 20.0 Å². The fourth-order valence-electron chi connectivity index (χ4n) is 3.43. The van der Waals surface area contributed by atoms with Crippen LogP contribution in [0.25, 0.3) is 0 Å². The Morgan fingerprint density at radius 1 is 1.00 bits per heavy atom. The minimum Gasteiger partial charge on any atom is -0.357 e. The molecule has 0 saturated heterocycles. The van der Waals surface area contributed by atoms with Crippen molar-refractivity contribution in [2.24, 2.45) is 0 Å². The molecule has 4 nitrogen and oxygen atoms in total. The first-order valence-electron chi connectivity index (χ1n) is 10.1. The SMILES string of the molecule is CCc1ccc(CCC(=O)N(Cc2cccc(C)c2)[C@H](CC)C(=O)NC)cc1. The quantitative estimate of drug-likeness (QED) is 0.714. The number of aryl methyl sites for hydroxylation is 3. The molecule has 2 amide bonds. The van der Waals surface area contributed by atoms with Crippen molar-refractivity contribution >= 4 is 11.8 Å². The van der Waals surface area contributed by atoms with E-state index in [2.05, 4.69) is 42.6 Å². The summed E-state index contributed by atoms with van der Waals surface area (Å²) in [7, 11) is 1.62.